The first-order chi connectivity index (χ1) is 10.2. The molecule has 0 unspecified atom stereocenters. The lowest BCUT2D eigenvalue weighted by Crippen LogP contribution is -2.41. The fourth-order valence-electron chi connectivity index (χ4n) is 4.56. The van der Waals surface area contributed by atoms with Gasteiger partial charge in [0.2, 0.25) is 5.91 Å². The summed E-state index contributed by atoms with van der Waals surface area (Å²) < 4.78 is 11.2. The van der Waals surface area contributed by atoms with Crippen LogP contribution in [-0.4, -0.2) is 47.7 Å². The number of amides is 1. The van der Waals surface area contributed by atoms with Crippen LogP contribution >= 0.6 is 0 Å². The summed E-state index contributed by atoms with van der Waals surface area (Å²) in [4.78, 5) is 27.1. The standard InChI is InChI=1S/C16H21NO4/c1-2-20-15(19)12-11-7-8-16(21-11)9-17(14(18)13(12)16)10-5-3-4-6-10/h7-8,10-13H,2-6,9H2,1H3/t11-,12+,13+,16+/m1/s1. The molecule has 0 aromatic carbocycles. The number of ether oxygens (including phenoxy) is 2. The molecule has 1 spiro atoms. The van der Waals surface area contributed by atoms with E-state index in [1.165, 1.54) is 12.8 Å². The predicted octanol–water partition coefficient (Wildman–Crippen LogP) is 1.27. The van der Waals surface area contributed by atoms with Gasteiger partial charge < -0.3 is 14.4 Å². The minimum atomic E-state index is -0.582. The zero-order valence-electron chi connectivity index (χ0n) is 12.3. The van der Waals surface area contributed by atoms with Crippen molar-refractivity contribution in [2.24, 2.45) is 11.8 Å². The predicted molar refractivity (Wildman–Crippen MR) is 74.3 cm³/mol. The maximum absolute atomic E-state index is 12.9. The molecule has 21 heavy (non-hydrogen) atoms. The first kappa shape index (κ1) is 13.3. The maximum Gasteiger partial charge on any atom is 0.312 e. The molecule has 3 heterocycles. The van der Waals surface area contributed by atoms with Crippen LogP contribution in [0.5, 0.6) is 0 Å². The summed E-state index contributed by atoms with van der Waals surface area (Å²) in [5.41, 5.74) is -0.582. The maximum atomic E-state index is 12.9. The highest BCUT2D eigenvalue weighted by atomic mass is 16.6. The van der Waals surface area contributed by atoms with Gasteiger partial charge in [-0.3, -0.25) is 9.59 Å². The zero-order valence-corrected chi connectivity index (χ0v) is 12.3. The Morgan fingerprint density at radius 2 is 2.24 bits per heavy atom. The summed E-state index contributed by atoms with van der Waals surface area (Å²) in [7, 11) is 0. The number of rotatable bonds is 3. The molecule has 5 heteroatoms. The van der Waals surface area contributed by atoms with Gasteiger partial charge in [0.25, 0.3) is 0 Å². The lowest BCUT2D eigenvalue weighted by molar-refractivity contribution is -0.153. The molecule has 4 atom stereocenters. The molecule has 3 fully saturated rings. The fraction of sp³-hybridized carbons (Fsp3) is 0.750. The van der Waals surface area contributed by atoms with Crippen molar-refractivity contribution in [3.8, 4) is 0 Å². The Labute approximate surface area is 124 Å². The number of hydrogen-bond acceptors (Lipinski definition) is 4. The first-order valence-electron chi connectivity index (χ1n) is 8.00. The summed E-state index contributed by atoms with van der Waals surface area (Å²) in [5, 5.41) is 0. The van der Waals surface area contributed by atoms with E-state index in [0.29, 0.717) is 19.2 Å². The average molecular weight is 291 g/mol. The van der Waals surface area contributed by atoms with Crippen LogP contribution in [0.1, 0.15) is 32.6 Å². The Hall–Kier alpha value is -1.36. The van der Waals surface area contributed by atoms with Crippen LogP contribution in [-0.2, 0) is 19.1 Å². The Morgan fingerprint density at radius 3 is 2.95 bits per heavy atom. The van der Waals surface area contributed by atoms with Crippen molar-refractivity contribution >= 4 is 11.9 Å². The quantitative estimate of drug-likeness (QED) is 0.580. The monoisotopic (exact) mass is 291 g/mol. The number of carbonyl (C=O) groups is 2. The molecule has 2 bridgehead atoms. The van der Waals surface area contributed by atoms with Gasteiger partial charge in [-0.05, 0) is 19.8 Å². The van der Waals surface area contributed by atoms with Gasteiger partial charge in [-0.15, -0.1) is 0 Å². The Morgan fingerprint density at radius 1 is 1.48 bits per heavy atom. The Bertz CT molecular complexity index is 510. The van der Waals surface area contributed by atoms with Crippen molar-refractivity contribution < 1.29 is 19.1 Å². The largest absolute Gasteiger partial charge is 0.466 e. The van der Waals surface area contributed by atoms with Crippen molar-refractivity contribution in [3.63, 3.8) is 0 Å². The molecule has 1 saturated carbocycles. The highest BCUT2D eigenvalue weighted by Gasteiger charge is 2.67. The highest BCUT2D eigenvalue weighted by molar-refractivity contribution is 5.91. The van der Waals surface area contributed by atoms with Crippen LogP contribution in [0.4, 0.5) is 0 Å². The smallest absolute Gasteiger partial charge is 0.312 e. The third kappa shape index (κ3) is 1.73. The average Bonchev–Trinajstić information content (AvgIpc) is 3.19. The zero-order chi connectivity index (χ0) is 14.6. The van der Waals surface area contributed by atoms with Crippen LogP contribution in [0.3, 0.4) is 0 Å². The first-order valence-corrected chi connectivity index (χ1v) is 8.00. The van der Waals surface area contributed by atoms with E-state index in [1.807, 2.05) is 17.1 Å². The molecule has 0 aromatic heterocycles. The van der Waals surface area contributed by atoms with Crippen molar-refractivity contribution in [2.45, 2.75) is 50.4 Å². The minimum absolute atomic E-state index is 0.0896. The molecular weight excluding hydrogens is 270 g/mol. The molecule has 5 nitrogen and oxygen atoms in total. The second-order valence-corrected chi connectivity index (χ2v) is 6.56. The van der Waals surface area contributed by atoms with Crippen LogP contribution < -0.4 is 0 Å². The van der Waals surface area contributed by atoms with Crippen LogP contribution in [0.25, 0.3) is 0 Å². The number of fused-ring (bicyclic) bond motifs is 1. The molecule has 1 amide bonds. The topological polar surface area (TPSA) is 55.8 Å². The van der Waals surface area contributed by atoms with E-state index in [-0.39, 0.29) is 23.9 Å². The van der Waals surface area contributed by atoms with Crippen molar-refractivity contribution in [1.82, 2.24) is 4.90 Å². The summed E-state index contributed by atoms with van der Waals surface area (Å²) in [6, 6.07) is 0.330. The molecule has 3 aliphatic heterocycles. The van der Waals surface area contributed by atoms with E-state index >= 15 is 0 Å². The van der Waals surface area contributed by atoms with E-state index < -0.39 is 11.5 Å². The van der Waals surface area contributed by atoms with Gasteiger partial charge in [-0.1, -0.05) is 25.0 Å². The molecule has 4 aliphatic rings. The normalized spacial score (nSPS) is 41.1. The van der Waals surface area contributed by atoms with Gasteiger partial charge in [-0.25, -0.2) is 0 Å². The molecule has 0 aromatic rings. The van der Waals surface area contributed by atoms with E-state index in [4.69, 9.17) is 9.47 Å². The lowest BCUT2D eigenvalue weighted by Gasteiger charge is -2.26. The van der Waals surface area contributed by atoms with Gasteiger partial charge in [0.1, 0.15) is 11.5 Å². The summed E-state index contributed by atoms with van der Waals surface area (Å²) in [6.07, 6.45) is 8.18. The van der Waals surface area contributed by atoms with Crippen LogP contribution in [0.15, 0.2) is 12.2 Å². The fourth-order valence-corrected chi connectivity index (χ4v) is 4.56. The minimum Gasteiger partial charge on any atom is -0.466 e. The number of esters is 1. The lowest BCUT2D eigenvalue weighted by atomic mass is 9.77. The molecular formula is C16H21NO4. The van der Waals surface area contributed by atoms with Crippen molar-refractivity contribution in [3.05, 3.63) is 12.2 Å². The number of carbonyl (C=O) groups excluding carboxylic acids is 2. The van der Waals surface area contributed by atoms with Crippen LogP contribution in [0, 0.1) is 11.8 Å². The molecule has 0 N–H and O–H groups in total. The number of likely N-dealkylation sites (tertiary alicyclic amines) is 1. The van der Waals surface area contributed by atoms with Gasteiger partial charge >= 0.3 is 5.97 Å². The van der Waals surface area contributed by atoms with E-state index in [1.54, 1.807) is 6.92 Å². The van der Waals surface area contributed by atoms with E-state index in [9.17, 15) is 9.59 Å². The Balaban J connectivity index is 1.63. The van der Waals surface area contributed by atoms with E-state index in [0.717, 1.165) is 12.8 Å². The SMILES string of the molecule is CCOC(=O)[C@@H]1[C@H]2C(=O)N(C3CCCC3)C[C@@]23C=C[C@H]1O3. The van der Waals surface area contributed by atoms with Gasteiger partial charge in [0.15, 0.2) is 0 Å². The van der Waals surface area contributed by atoms with Crippen molar-refractivity contribution in [1.29, 1.82) is 0 Å². The van der Waals surface area contributed by atoms with Gasteiger partial charge in [0, 0.05) is 6.04 Å². The molecule has 4 rings (SSSR count). The van der Waals surface area contributed by atoms with Crippen LogP contribution in [0.2, 0.25) is 0 Å². The second-order valence-electron chi connectivity index (χ2n) is 6.56. The van der Waals surface area contributed by atoms with Crippen molar-refractivity contribution in [2.75, 3.05) is 13.2 Å². The third-order valence-corrected chi connectivity index (χ3v) is 5.45. The highest BCUT2D eigenvalue weighted by Crippen LogP contribution is 2.53. The summed E-state index contributed by atoms with van der Waals surface area (Å²) >= 11 is 0. The van der Waals surface area contributed by atoms with Gasteiger partial charge in [-0.2, -0.15) is 0 Å². The van der Waals surface area contributed by atoms with E-state index in [2.05, 4.69) is 0 Å². The number of hydrogen-bond donors (Lipinski definition) is 0. The van der Waals surface area contributed by atoms with Gasteiger partial charge in [0.05, 0.1) is 25.2 Å². The molecule has 114 valence electrons. The molecule has 1 aliphatic carbocycles. The molecule has 2 saturated heterocycles. The summed E-state index contributed by atoms with van der Waals surface area (Å²) in [6.45, 7) is 2.73. The molecule has 0 radical (unpaired) electrons. The second kappa shape index (κ2) is 4.57. The summed E-state index contributed by atoms with van der Waals surface area (Å²) in [5.74, 6) is -1.05. The third-order valence-electron chi connectivity index (χ3n) is 5.45. The Kier molecular flexibility index (Phi) is 2.89. The number of nitrogens with zero attached hydrogens (tertiary/aromatic N) is 1.